The molecule has 10 rings (SSSR count). The van der Waals surface area contributed by atoms with Crippen LogP contribution in [0.2, 0.25) is 0 Å². The molecule has 0 amide bonds. The Labute approximate surface area is 332 Å². The number of para-hydroxylation sites is 1. The first-order valence-corrected chi connectivity index (χ1v) is 19.9. The molecule has 5 nitrogen and oxygen atoms in total. The molecule has 0 fully saturated rings. The topological polar surface area (TPSA) is 75.6 Å². The fraction of sp³-hybridized carbons (Fsp3) is 0.192. The van der Waals surface area contributed by atoms with E-state index >= 15 is 0 Å². The van der Waals surface area contributed by atoms with Crippen molar-refractivity contribution in [3.63, 3.8) is 0 Å². The molecule has 5 heteroatoms. The van der Waals surface area contributed by atoms with Gasteiger partial charge in [0.2, 0.25) is 0 Å². The van der Waals surface area contributed by atoms with Crippen LogP contribution in [0.3, 0.4) is 0 Å². The van der Waals surface area contributed by atoms with Gasteiger partial charge in [-0.05, 0) is 99.0 Å². The maximum Gasteiger partial charge on any atom is 0.164 e. The number of nitriles is 1. The number of hydrogen-bond acceptors (Lipinski definition) is 5. The summed E-state index contributed by atoms with van der Waals surface area (Å²) in [4.78, 5) is 15.8. The van der Waals surface area contributed by atoms with Gasteiger partial charge < -0.3 is 4.42 Å². The van der Waals surface area contributed by atoms with Crippen molar-refractivity contribution >= 4 is 33.4 Å². The second kappa shape index (κ2) is 13.2. The van der Waals surface area contributed by atoms with Crippen molar-refractivity contribution in [2.24, 2.45) is 0 Å². The smallest absolute Gasteiger partial charge is 0.164 e. The Balaban J connectivity index is 1.16. The second-order valence-electron chi connectivity index (χ2n) is 17.0. The maximum atomic E-state index is 9.30. The average molecular weight is 739 g/mol. The van der Waals surface area contributed by atoms with Crippen LogP contribution in [0.25, 0.3) is 67.3 Å². The highest BCUT2D eigenvalue weighted by Crippen LogP contribution is 2.47. The zero-order chi connectivity index (χ0) is 38.9. The molecule has 1 atom stereocenters. The number of aromatic nitrogens is 3. The van der Waals surface area contributed by atoms with Crippen LogP contribution in [0.4, 0.5) is 0 Å². The number of hydrogen-bond donors (Lipinski definition) is 0. The molecule has 8 aromatic rings. The van der Waals surface area contributed by atoms with Crippen LogP contribution in [0.5, 0.6) is 0 Å². The number of fused-ring (bicyclic) bond motifs is 5. The fourth-order valence-electron chi connectivity index (χ4n) is 8.96. The zero-order valence-corrected chi connectivity index (χ0v) is 32.7. The van der Waals surface area contributed by atoms with E-state index in [2.05, 4.69) is 137 Å². The van der Waals surface area contributed by atoms with E-state index in [1.54, 1.807) is 0 Å². The summed E-state index contributed by atoms with van der Waals surface area (Å²) in [6.45, 7) is 9.54. The molecule has 6 aromatic carbocycles. The lowest BCUT2D eigenvalue weighted by molar-refractivity contribution is 0.331. The van der Waals surface area contributed by atoms with Crippen molar-refractivity contribution in [3.05, 3.63) is 172 Å². The summed E-state index contributed by atoms with van der Waals surface area (Å²) in [5, 5.41) is 13.7. The van der Waals surface area contributed by atoms with E-state index in [0.29, 0.717) is 23.0 Å². The molecule has 2 heterocycles. The minimum Gasteiger partial charge on any atom is -0.456 e. The summed E-state index contributed by atoms with van der Waals surface area (Å²) < 4.78 is 6.66. The Hall–Kier alpha value is -6.64. The highest BCUT2D eigenvalue weighted by Gasteiger charge is 2.37. The van der Waals surface area contributed by atoms with Crippen LogP contribution in [0, 0.1) is 11.3 Å². The van der Waals surface area contributed by atoms with Crippen LogP contribution in [0.1, 0.15) is 81.0 Å². The molecule has 0 spiro atoms. The Bertz CT molecular complexity index is 3050. The third-order valence-corrected chi connectivity index (χ3v) is 12.4. The fourth-order valence-corrected chi connectivity index (χ4v) is 8.96. The van der Waals surface area contributed by atoms with E-state index in [4.69, 9.17) is 19.4 Å². The molecule has 0 saturated carbocycles. The molecule has 0 radical (unpaired) electrons. The van der Waals surface area contributed by atoms with Gasteiger partial charge in [-0.25, -0.2) is 15.0 Å². The van der Waals surface area contributed by atoms with Crippen molar-refractivity contribution < 1.29 is 4.42 Å². The standard InChI is InChI=1S/C52H42N4O/c1-51(2)25-26-52(3,4)44-29-38(23-24-43(44)51)40-28-42(47-41-11-7-8-12-45(41)57-46(47)30-40)50-55-48(36-20-17-35(18-21-36)34-15-13-32(31-53)14-16-34)54-49(56-50)39-22-19-33-9-5-6-10-37(33)27-39/h5-24,27,29-30,40H,25-26,28H2,1-4H3. The lowest BCUT2D eigenvalue weighted by Crippen LogP contribution is -2.34. The first-order valence-electron chi connectivity index (χ1n) is 19.9. The summed E-state index contributed by atoms with van der Waals surface area (Å²) in [7, 11) is 0. The minimum atomic E-state index is 0.0650. The van der Waals surface area contributed by atoms with E-state index < -0.39 is 0 Å². The molecule has 0 aliphatic heterocycles. The summed E-state index contributed by atoms with van der Waals surface area (Å²) >= 11 is 0. The predicted octanol–water partition coefficient (Wildman–Crippen LogP) is 11.2. The van der Waals surface area contributed by atoms with E-state index in [1.807, 2.05) is 36.4 Å². The van der Waals surface area contributed by atoms with Crippen molar-refractivity contribution in [3.8, 4) is 40.0 Å². The minimum absolute atomic E-state index is 0.0650. The van der Waals surface area contributed by atoms with Crippen LogP contribution in [0.15, 0.2) is 138 Å². The Morgan fingerprint density at radius 1 is 0.596 bits per heavy atom. The highest BCUT2D eigenvalue weighted by molar-refractivity contribution is 5.87. The molecule has 0 N–H and O–H groups in total. The number of rotatable bonds is 5. The van der Waals surface area contributed by atoms with Gasteiger partial charge >= 0.3 is 0 Å². The first-order chi connectivity index (χ1) is 27.6. The van der Waals surface area contributed by atoms with Crippen molar-refractivity contribution in [2.45, 2.75) is 63.7 Å². The summed E-state index contributed by atoms with van der Waals surface area (Å²) in [6, 6.07) is 48.5. The molecule has 1 unspecified atom stereocenters. The van der Waals surface area contributed by atoms with Crippen LogP contribution < -0.4 is 10.6 Å². The Kier molecular flexibility index (Phi) is 8.09. The molecule has 57 heavy (non-hydrogen) atoms. The van der Waals surface area contributed by atoms with E-state index in [-0.39, 0.29) is 16.7 Å². The summed E-state index contributed by atoms with van der Waals surface area (Å²) in [6.07, 6.45) is 5.38. The number of furan rings is 1. The van der Waals surface area contributed by atoms with Gasteiger partial charge in [0, 0.05) is 33.2 Å². The molecule has 2 aliphatic rings. The van der Waals surface area contributed by atoms with Gasteiger partial charge in [-0.2, -0.15) is 5.26 Å². The Morgan fingerprint density at radius 2 is 1.21 bits per heavy atom. The third kappa shape index (κ3) is 6.13. The molecular formula is C52H42N4O. The van der Waals surface area contributed by atoms with E-state index in [1.165, 1.54) is 28.5 Å². The van der Waals surface area contributed by atoms with Crippen LogP contribution in [-0.2, 0) is 10.8 Å². The zero-order valence-electron chi connectivity index (χ0n) is 32.7. The van der Waals surface area contributed by atoms with E-state index in [9.17, 15) is 5.26 Å². The van der Waals surface area contributed by atoms with Gasteiger partial charge in [0.1, 0.15) is 11.0 Å². The van der Waals surface area contributed by atoms with Crippen molar-refractivity contribution in [1.29, 1.82) is 5.26 Å². The molecule has 0 saturated heterocycles. The SMILES string of the molecule is CC1(C)CCC(C)(C)c2cc(C3C=c4oc5ccccc5c4=C(c4nc(-c5ccc(-c6ccc(C#N)cc6)cc5)nc(-c5ccc6ccccc6c5)n4)C3)ccc21. The molecular weight excluding hydrogens is 697 g/mol. The third-order valence-electron chi connectivity index (χ3n) is 12.4. The number of nitrogens with zero attached hydrogens (tertiary/aromatic N) is 4. The van der Waals surface area contributed by atoms with Gasteiger partial charge in [0.25, 0.3) is 0 Å². The molecule has 0 bridgehead atoms. The lowest BCUT2D eigenvalue weighted by atomic mass is 9.62. The normalized spacial score (nSPS) is 16.8. The first kappa shape index (κ1) is 34.8. The van der Waals surface area contributed by atoms with Gasteiger partial charge in [-0.3, -0.25) is 0 Å². The van der Waals surface area contributed by atoms with Crippen LogP contribution in [-0.4, -0.2) is 15.0 Å². The van der Waals surface area contributed by atoms with Gasteiger partial charge in [0.05, 0.1) is 11.6 Å². The van der Waals surface area contributed by atoms with Gasteiger partial charge in [-0.1, -0.05) is 137 Å². The van der Waals surface area contributed by atoms with Crippen molar-refractivity contribution in [1.82, 2.24) is 15.0 Å². The quantitative estimate of drug-likeness (QED) is 0.176. The lowest BCUT2D eigenvalue weighted by Gasteiger charge is -2.42. The monoisotopic (exact) mass is 738 g/mol. The van der Waals surface area contributed by atoms with Gasteiger partial charge in [-0.15, -0.1) is 0 Å². The predicted molar refractivity (Wildman–Crippen MR) is 230 cm³/mol. The molecule has 2 aromatic heterocycles. The Morgan fingerprint density at radius 3 is 1.96 bits per heavy atom. The van der Waals surface area contributed by atoms with Gasteiger partial charge in [0.15, 0.2) is 17.5 Å². The largest absolute Gasteiger partial charge is 0.456 e. The summed E-state index contributed by atoms with van der Waals surface area (Å²) in [5.41, 5.74) is 11.8. The number of benzene rings is 6. The molecule has 276 valence electrons. The van der Waals surface area contributed by atoms with Crippen LogP contribution >= 0.6 is 0 Å². The average Bonchev–Trinajstić information content (AvgIpc) is 3.63. The van der Waals surface area contributed by atoms with Crippen molar-refractivity contribution in [2.75, 3.05) is 0 Å². The highest BCUT2D eigenvalue weighted by atomic mass is 16.3. The second-order valence-corrected chi connectivity index (χ2v) is 17.0. The van der Waals surface area contributed by atoms with E-state index in [0.717, 1.165) is 67.7 Å². The maximum absolute atomic E-state index is 9.30. The summed E-state index contributed by atoms with van der Waals surface area (Å²) in [5.74, 6) is 1.96. The molecule has 2 aliphatic carbocycles.